The number of aromatic nitrogens is 2. The molecule has 122 valence electrons. The Morgan fingerprint density at radius 3 is 2.57 bits per heavy atom. The smallest absolute Gasteiger partial charge is 0.276 e. The van der Waals surface area contributed by atoms with Crippen molar-refractivity contribution >= 4 is 40.6 Å². The zero-order valence-corrected chi connectivity index (χ0v) is 14.3. The van der Waals surface area contributed by atoms with E-state index in [9.17, 15) is 4.79 Å². The lowest BCUT2D eigenvalue weighted by atomic mass is 10.2. The van der Waals surface area contributed by atoms with Crippen LogP contribution in [-0.4, -0.2) is 22.6 Å². The number of halogens is 2. The van der Waals surface area contributed by atoms with Gasteiger partial charge >= 0.3 is 0 Å². The molecule has 0 spiro atoms. The Balaban J connectivity index is 1.93. The fourth-order valence-electron chi connectivity index (χ4n) is 1.91. The van der Waals surface area contributed by atoms with Crippen molar-refractivity contribution in [3.63, 3.8) is 0 Å². The molecule has 0 atom stereocenters. The number of amides is 1. The van der Waals surface area contributed by atoms with Gasteiger partial charge in [-0.1, -0.05) is 43.0 Å². The molecular formula is C16H18Cl2N4O. The zero-order chi connectivity index (χ0) is 16.7. The molecule has 0 aliphatic rings. The minimum absolute atomic E-state index is 0.232. The third kappa shape index (κ3) is 5.37. The first-order valence-electron chi connectivity index (χ1n) is 7.44. The van der Waals surface area contributed by atoms with Crippen LogP contribution < -0.4 is 10.6 Å². The van der Waals surface area contributed by atoms with Gasteiger partial charge in [-0.25, -0.2) is 0 Å². The predicted octanol–water partition coefficient (Wildman–Crippen LogP) is 4.64. The number of unbranched alkanes of at least 4 members (excludes halogenated alkanes) is 2. The number of anilines is 2. The average molecular weight is 353 g/mol. The molecule has 7 heteroatoms. The second kappa shape index (κ2) is 8.70. The number of hydrogen-bond donors (Lipinski definition) is 2. The van der Waals surface area contributed by atoms with Crippen molar-refractivity contribution in [1.29, 1.82) is 0 Å². The van der Waals surface area contributed by atoms with E-state index in [0.717, 1.165) is 13.0 Å². The van der Waals surface area contributed by atoms with Crippen molar-refractivity contribution in [2.75, 3.05) is 17.2 Å². The fourth-order valence-corrected chi connectivity index (χ4v) is 2.21. The van der Waals surface area contributed by atoms with Crippen LogP contribution in [0.2, 0.25) is 10.0 Å². The highest BCUT2D eigenvalue weighted by molar-refractivity contribution is 6.42. The molecule has 0 aliphatic carbocycles. The van der Waals surface area contributed by atoms with Gasteiger partial charge in [-0.3, -0.25) is 4.79 Å². The van der Waals surface area contributed by atoms with Crippen LogP contribution in [0.25, 0.3) is 0 Å². The third-order valence-electron chi connectivity index (χ3n) is 3.16. The standard InChI is InChI=1S/C16H18Cl2N4O/c1-2-3-4-9-19-15-8-7-14(21-22-15)16(23)20-11-5-6-12(17)13(18)10-11/h5-8,10H,2-4,9H2,1H3,(H,19,22)(H,20,23). The topological polar surface area (TPSA) is 66.9 Å². The van der Waals surface area contributed by atoms with Gasteiger partial charge in [0.2, 0.25) is 0 Å². The van der Waals surface area contributed by atoms with Crippen molar-refractivity contribution < 1.29 is 4.79 Å². The Bertz CT molecular complexity index is 662. The number of carbonyl (C=O) groups excluding carboxylic acids is 1. The number of hydrogen-bond acceptors (Lipinski definition) is 4. The quantitative estimate of drug-likeness (QED) is 0.712. The molecule has 5 nitrogen and oxygen atoms in total. The molecule has 2 N–H and O–H groups in total. The first-order valence-corrected chi connectivity index (χ1v) is 8.19. The van der Waals surface area contributed by atoms with E-state index in [1.807, 2.05) is 0 Å². The van der Waals surface area contributed by atoms with Crippen LogP contribution in [0, 0.1) is 0 Å². The lowest BCUT2D eigenvalue weighted by Crippen LogP contribution is -2.15. The molecule has 0 saturated carbocycles. The van der Waals surface area contributed by atoms with Gasteiger partial charge in [-0.15, -0.1) is 10.2 Å². The van der Waals surface area contributed by atoms with Crippen molar-refractivity contribution in [1.82, 2.24) is 10.2 Å². The fraction of sp³-hybridized carbons (Fsp3) is 0.312. The van der Waals surface area contributed by atoms with Crippen LogP contribution in [0.5, 0.6) is 0 Å². The molecule has 1 aromatic heterocycles. The summed E-state index contributed by atoms with van der Waals surface area (Å²) in [7, 11) is 0. The predicted molar refractivity (Wildman–Crippen MR) is 94.5 cm³/mol. The summed E-state index contributed by atoms with van der Waals surface area (Å²) in [6.45, 7) is 3.00. The van der Waals surface area contributed by atoms with E-state index in [1.54, 1.807) is 30.3 Å². The summed E-state index contributed by atoms with van der Waals surface area (Å²) in [4.78, 5) is 12.1. The highest BCUT2D eigenvalue weighted by Gasteiger charge is 2.09. The van der Waals surface area contributed by atoms with Gasteiger partial charge in [0.15, 0.2) is 5.69 Å². The molecule has 0 saturated heterocycles. The monoisotopic (exact) mass is 352 g/mol. The van der Waals surface area contributed by atoms with Crippen LogP contribution >= 0.6 is 23.2 Å². The Labute approximate surface area is 145 Å². The molecule has 0 unspecified atom stereocenters. The summed E-state index contributed by atoms with van der Waals surface area (Å²) in [6.07, 6.45) is 3.42. The number of nitrogens with one attached hydrogen (secondary N) is 2. The molecule has 1 aromatic carbocycles. The summed E-state index contributed by atoms with van der Waals surface area (Å²) in [6, 6.07) is 8.24. The highest BCUT2D eigenvalue weighted by atomic mass is 35.5. The maximum Gasteiger partial charge on any atom is 0.276 e. The zero-order valence-electron chi connectivity index (χ0n) is 12.8. The molecule has 1 amide bonds. The normalized spacial score (nSPS) is 10.4. The van der Waals surface area contributed by atoms with E-state index in [2.05, 4.69) is 27.8 Å². The molecule has 2 aromatic rings. The Kier molecular flexibility index (Phi) is 6.62. The SMILES string of the molecule is CCCCCNc1ccc(C(=O)Nc2ccc(Cl)c(Cl)c2)nn1. The van der Waals surface area contributed by atoms with E-state index < -0.39 is 0 Å². The van der Waals surface area contributed by atoms with Gasteiger partial charge in [0.25, 0.3) is 5.91 Å². The number of benzene rings is 1. The Hall–Kier alpha value is -1.85. The summed E-state index contributed by atoms with van der Waals surface area (Å²) < 4.78 is 0. The number of nitrogens with zero attached hydrogens (tertiary/aromatic N) is 2. The molecule has 0 aliphatic heterocycles. The van der Waals surface area contributed by atoms with E-state index in [4.69, 9.17) is 23.2 Å². The van der Waals surface area contributed by atoms with Gasteiger partial charge in [0.1, 0.15) is 5.82 Å². The summed E-state index contributed by atoms with van der Waals surface area (Å²) in [5.74, 6) is 0.306. The number of rotatable bonds is 7. The lowest BCUT2D eigenvalue weighted by Gasteiger charge is -2.07. The molecule has 0 fully saturated rings. The molecule has 0 radical (unpaired) electrons. The van der Waals surface area contributed by atoms with Crippen molar-refractivity contribution in [2.45, 2.75) is 26.2 Å². The summed E-state index contributed by atoms with van der Waals surface area (Å²) >= 11 is 11.8. The largest absolute Gasteiger partial charge is 0.369 e. The van der Waals surface area contributed by atoms with E-state index in [0.29, 0.717) is 21.6 Å². The first-order chi connectivity index (χ1) is 11.1. The Morgan fingerprint density at radius 1 is 1.09 bits per heavy atom. The maximum absolute atomic E-state index is 12.1. The van der Waals surface area contributed by atoms with Crippen LogP contribution in [0.1, 0.15) is 36.7 Å². The van der Waals surface area contributed by atoms with Gasteiger partial charge in [-0.05, 0) is 36.8 Å². The van der Waals surface area contributed by atoms with Crippen molar-refractivity contribution in [2.24, 2.45) is 0 Å². The van der Waals surface area contributed by atoms with Crippen molar-refractivity contribution in [3.8, 4) is 0 Å². The molecule has 1 heterocycles. The van der Waals surface area contributed by atoms with Crippen molar-refractivity contribution in [3.05, 3.63) is 46.1 Å². The summed E-state index contributed by atoms with van der Waals surface area (Å²) in [5, 5.41) is 14.6. The second-order valence-electron chi connectivity index (χ2n) is 5.02. The molecule has 2 rings (SSSR count). The van der Waals surface area contributed by atoms with Crippen LogP contribution in [-0.2, 0) is 0 Å². The summed E-state index contributed by atoms with van der Waals surface area (Å²) in [5.41, 5.74) is 0.781. The van der Waals surface area contributed by atoms with Gasteiger partial charge in [0, 0.05) is 12.2 Å². The van der Waals surface area contributed by atoms with Gasteiger partial charge in [-0.2, -0.15) is 0 Å². The number of carbonyl (C=O) groups is 1. The average Bonchev–Trinajstić information content (AvgIpc) is 2.55. The van der Waals surface area contributed by atoms with E-state index in [1.165, 1.54) is 12.8 Å². The van der Waals surface area contributed by atoms with Crippen LogP contribution in [0.3, 0.4) is 0 Å². The molecule has 0 bridgehead atoms. The minimum atomic E-state index is -0.353. The van der Waals surface area contributed by atoms with Crippen LogP contribution in [0.15, 0.2) is 30.3 Å². The third-order valence-corrected chi connectivity index (χ3v) is 3.90. The van der Waals surface area contributed by atoms with E-state index >= 15 is 0 Å². The van der Waals surface area contributed by atoms with Crippen LogP contribution in [0.4, 0.5) is 11.5 Å². The van der Waals surface area contributed by atoms with Gasteiger partial charge < -0.3 is 10.6 Å². The second-order valence-corrected chi connectivity index (χ2v) is 5.84. The lowest BCUT2D eigenvalue weighted by molar-refractivity contribution is 0.102. The maximum atomic E-state index is 12.1. The molecular weight excluding hydrogens is 335 g/mol. The highest BCUT2D eigenvalue weighted by Crippen LogP contribution is 2.25. The van der Waals surface area contributed by atoms with E-state index in [-0.39, 0.29) is 11.6 Å². The molecule has 23 heavy (non-hydrogen) atoms. The van der Waals surface area contributed by atoms with Gasteiger partial charge in [0.05, 0.1) is 10.0 Å². The first kappa shape index (κ1) is 17.5. The minimum Gasteiger partial charge on any atom is -0.369 e. The Morgan fingerprint density at radius 2 is 1.91 bits per heavy atom.